The minimum absolute atomic E-state index is 0.0519. The Morgan fingerprint density at radius 1 is 1.39 bits per heavy atom. The molecule has 2 heterocycles. The van der Waals surface area contributed by atoms with E-state index in [1.807, 2.05) is 0 Å². The molecule has 0 saturated heterocycles. The fourth-order valence-corrected chi connectivity index (χ4v) is 1.92. The summed E-state index contributed by atoms with van der Waals surface area (Å²) in [6.07, 6.45) is 0. The lowest BCUT2D eigenvalue weighted by Gasteiger charge is -2.01. The van der Waals surface area contributed by atoms with E-state index < -0.39 is 16.8 Å². The van der Waals surface area contributed by atoms with Crippen LogP contribution in [0.25, 0.3) is 0 Å². The van der Waals surface area contributed by atoms with Crippen molar-refractivity contribution in [3.05, 3.63) is 51.3 Å². The third-order valence-corrected chi connectivity index (χ3v) is 2.99. The maximum absolute atomic E-state index is 12.8. The van der Waals surface area contributed by atoms with Crippen LogP contribution in [-0.4, -0.2) is 15.8 Å². The molecular formula is C10H6FN3O3S. The van der Waals surface area contributed by atoms with Crippen LogP contribution in [0.3, 0.4) is 0 Å². The minimum atomic E-state index is -0.718. The first kappa shape index (κ1) is 12.1. The topological polar surface area (TPSA) is 85.1 Å². The van der Waals surface area contributed by atoms with Gasteiger partial charge in [0.05, 0.1) is 9.80 Å². The number of amides is 1. The zero-order valence-electron chi connectivity index (χ0n) is 8.79. The quantitative estimate of drug-likeness (QED) is 0.525. The third-order valence-electron chi connectivity index (χ3n) is 1.95. The molecular weight excluding hydrogens is 261 g/mol. The predicted octanol–water partition coefficient (Wildman–Crippen LogP) is 2.44. The summed E-state index contributed by atoms with van der Waals surface area (Å²) in [7, 11) is 0. The molecule has 6 nitrogen and oxygen atoms in total. The van der Waals surface area contributed by atoms with Crippen molar-refractivity contribution in [3.8, 4) is 0 Å². The fraction of sp³-hybridized carbons (Fsp3) is 0. The number of nitrogens with zero attached hydrogens (tertiary/aromatic N) is 2. The summed E-state index contributed by atoms with van der Waals surface area (Å²) in [4.78, 5) is 25.2. The number of aromatic nitrogens is 1. The van der Waals surface area contributed by atoms with Gasteiger partial charge in [-0.25, -0.2) is 4.98 Å². The van der Waals surface area contributed by atoms with E-state index in [0.717, 1.165) is 17.4 Å². The molecule has 18 heavy (non-hydrogen) atoms. The Kier molecular flexibility index (Phi) is 3.28. The van der Waals surface area contributed by atoms with Gasteiger partial charge in [0, 0.05) is 6.07 Å². The Morgan fingerprint density at radius 2 is 2.17 bits per heavy atom. The van der Waals surface area contributed by atoms with Crippen LogP contribution < -0.4 is 5.32 Å². The number of nitrogens with one attached hydrogen (secondary N) is 1. The molecule has 0 aliphatic carbocycles. The van der Waals surface area contributed by atoms with E-state index in [-0.39, 0.29) is 15.7 Å². The molecule has 0 radical (unpaired) electrons. The Balaban J connectivity index is 2.14. The van der Waals surface area contributed by atoms with Crippen LogP contribution in [0.5, 0.6) is 0 Å². The van der Waals surface area contributed by atoms with Gasteiger partial charge in [-0.3, -0.25) is 14.9 Å². The normalized spacial score (nSPS) is 10.1. The molecule has 0 fully saturated rings. The summed E-state index contributed by atoms with van der Waals surface area (Å²) >= 11 is 0.740. The van der Waals surface area contributed by atoms with E-state index >= 15 is 0 Å². The maximum Gasteiger partial charge on any atom is 0.324 e. The number of carbonyl (C=O) groups excluding carboxylic acids is 1. The van der Waals surface area contributed by atoms with Gasteiger partial charge in [-0.05, 0) is 18.2 Å². The largest absolute Gasteiger partial charge is 0.324 e. The smallest absolute Gasteiger partial charge is 0.306 e. The molecule has 1 N–H and O–H groups in total. The zero-order chi connectivity index (χ0) is 13.1. The Hall–Kier alpha value is -2.35. The van der Waals surface area contributed by atoms with E-state index in [1.54, 1.807) is 0 Å². The monoisotopic (exact) mass is 267 g/mol. The molecule has 0 bridgehead atoms. The Bertz CT molecular complexity index is 614. The molecule has 0 saturated carbocycles. The van der Waals surface area contributed by atoms with Crippen molar-refractivity contribution >= 4 is 28.1 Å². The first-order valence-corrected chi connectivity index (χ1v) is 5.56. The van der Waals surface area contributed by atoms with Gasteiger partial charge >= 0.3 is 5.00 Å². The number of nitro groups is 1. The van der Waals surface area contributed by atoms with Gasteiger partial charge in [-0.2, -0.15) is 4.39 Å². The highest BCUT2D eigenvalue weighted by atomic mass is 32.1. The first-order valence-electron chi connectivity index (χ1n) is 4.74. The van der Waals surface area contributed by atoms with Gasteiger partial charge in [0.2, 0.25) is 5.95 Å². The fourth-order valence-electron chi connectivity index (χ4n) is 1.20. The number of halogens is 1. The van der Waals surface area contributed by atoms with Gasteiger partial charge in [0.15, 0.2) is 0 Å². The Morgan fingerprint density at radius 3 is 2.78 bits per heavy atom. The first-order chi connectivity index (χ1) is 8.56. The number of anilines is 1. The van der Waals surface area contributed by atoms with E-state index in [4.69, 9.17) is 0 Å². The number of thiophene rings is 1. The second-order valence-corrected chi connectivity index (χ2v) is 4.26. The summed E-state index contributed by atoms with van der Waals surface area (Å²) < 4.78 is 12.8. The van der Waals surface area contributed by atoms with Gasteiger partial charge < -0.3 is 5.32 Å². The molecule has 0 aliphatic rings. The number of rotatable bonds is 3. The van der Waals surface area contributed by atoms with E-state index in [1.165, 1.54) is 24.3 Å². The highest BCUT2D eigenvalue weighted by Crippen LogP contribution is 2.24. The number of carbonyl (C=O) groups is 1. The van der Waals surface area contributed by atoms with E-state index in [2.05, 4.69) is 10.3 Å². The van der Waals surface area contributed by atoms with E-state index in [9.17, 15) is 19.3 Å². The van der Waals surface area contributed by atoms with Crippen LogP contribution in [0.15, 0.2) is 30.3 Å². The standard InChI is InChI=1S/C10H6FN3O3S/c11-7-2-1-3-8(12-7)13-10(15)6-4-5-9(18-6)14(16)17/h1-5H,(H,12,13,15). The third kappa shape index (κ3) is 2.66. The predicted molar refractivity (Wildman–Crippen MR) is 63.1 cm³/mol. The van der Waals surface area contributed by atoms with Crippen molar-refractivity contribution in [2.45, 2.75) is 0 Å². The molecule has 1 amide bonds. The highest BCUT2D eigenvalue weighted by molar-refractivity contribution is 7.17. The second-order valence-electron chi connectivity index (χ2n) is 3.19. The lowest BCUT2D eigenvalue weighted by Crippen LogP contribution is -2.11. The van der Waals surface area contributed by atoms with Crippen LogP contribution in [0.4, 0.5) is 15.2 Å². The zero-order valence-corrected chi connectivity index (χ0v) is 9.61. The molecule has 0 unspecified atom stereocenters. The molecule has 2 aromatic heterocycles. The van der Waals surface area contributed by atoms with Crippen molar-refractivity contribution < 1.29 is 14.1 Å². The van der Waals surface area contributed by atoms with Crippen LogP contribution in [0.2, 0.25) is 0 Å². The van der Waals surface area contributed by atoms with Crippen molar-refractivity contribution in [3.63, 3.8) is 0 Å². The molecule has 2 aromatic rings. The van der Waals surface area contributed by atoms with Crippen molar-refractivity contribution in [2.24, 2.45) is 0 Å². The molecule has 0 aliphatic heterocycles. The van der Waals surface area contributed by atoms with Gasteiger partial charge in [-0.1, -0.05) is 17.4 Å². The number of hydrogen-bond acceptors (Lipinski definition) is 5. The summed E-state index contributed by atoms with van der Waals surface area (Å²) in [5.74, 6) is -1.23. The van der Waals surface area contributed by atoms with Crippen molar-refractivity contribution in [1.29, 1.82) is 0 Å². The van der Waals surface area contributed by atoms with Crippen LogP contribution in [-0.2, 0) is 0 Å². The molecule has 0 spiro atoms. The van der Waals surface area contributed by atoms with Crippen molar-refractivity contribution in [2.75, 3.05) is 5.32 Å². The summed E-state index contributed by atoms with van der Waals surface area (Å²) in [5.41, 5.74) is 0. The number of hydrogen-bond donors (Lipinski definition) is 1. The molecule has 8 heteroatoms. The Labute approximate surface area is 104 Å². The SMILES string of the molecule is O=C(Nc1cccc(F)n1)c1ccc([N+](=O)[O-])s1. The molecule has 0 atom stereocenters. The second kappa shape index (κ2) is 4.88. The highest BCUT2D eigenvalue weighted by Gasteiger charge is 2.15. The van der Waals surface area contributed by atoms with Gasteiger partial charge in [-0.15, -0.1) is 0 Å². The van der Waals surface area contributed by atoms with Gasteiger partial charge in [0.1, 0.15) is 5.82 Å². The summed E-state index contributed by atoms with van der Waals surface area (Å²) in [6, 6.07) is 6.53. The van der Waals surface area contributed by atoms with Crippen LogP contribution in [0, 0.1) is 16.1 Å². The summed E-state index contributed by atoms with van der Waals surface area (Å²) in [6.45, 7) is 0. The molecule has 0 aromatic carbocycles. The van der Waals surface area contributed by atoms with Gasteiger partial charge in [0.25, 0.3) is 5.91 Å². The lowest BCUT2D eigenvalue weighted by atomic mass is 10.4. The minimum Gasteiger partial charge on any atom is -0.306 e. The van der Waals surface area contributed by atoms with Crippen LogP contribution in [0.1, 0.15) is 9.67 Å². The number of pyridine rings is 1. The average molecular weight is 267 g/mol. The maximum atomic E-state index is 12.8. The molecule has 2 rings (SSSR count). The summed E-state index contributed by atoms with van der Waals surface area (Å²) in [5, 5.41) is 12.7. The van der Waals surface area contributed by atoms with Crippen molar-refractivity contribution in [1.82, 2.24) is 4.98 Å². The molecule has 92 valence electrons. The average Bonchev–Trinajstić information content (AvgIpc) is 2.78. The van der Waals surface area contributed by atoms with E-state index in [0.29, 0.717) is 0 Å². The lowest BCUT2D eigenvalue weighted by molar-refractivity contribution is -0.380. The van der Waals surface area contributed by atoms with Crippen LogP contribution >= 0.6 is 11.3 Å².